The number of allylic oxidation sites excluding steroid dienone is 1. The van der Waals surface area contributed by atoms with E-state index >= 15 is 0 Å². The van der Waals surface area contributed by atoms with Gasteiger partial charge in [0, 0.05) is 59.5 Å². The van der Waals surface area contributed by atoms with Crippen LogP contribution in [-0.2, 0) is 32.2 Å². The van der Waals surface area contributed by atoms with Gasteiger partial charge in [0.1, 0.15) is 0 Å². The van der Waals surface area contributed by atoms with E-state index < -0.39 is 0 Å². The van der Waals surface area contributed by atoms with E-state index in [1.165, 1.54) is 36.8 Å². The van der Waals surface area contributed by atoms with Gasteiger partial charge in [-0.1, -0.05) is 67.6 Å². The van der Waals surface area contributed by atoms with E-state index in [2.05, 4.69) is 76.7 Å². The number of benzene rings is 5. The van der Waals surface area contributed by atoms with Gasteiger partial charge in [0.25, 0.3) is 0 Å². The average molecular weight is 1060 g/mol. The standard InChI is InChI=1S/C24H29NO3.C17H23NO3.C17H15NO3.C8H10/c1-27-22-14-19-13-20(24(26)21(19)15-23(22)28-2)12-17-8-10-25(11-9-17)16-18-6-4-3-5-7-18;2*1-20-15-9-12-8-13(7-11-3-5-18-6-4-11)17(19)14(12)10-16(15)21-2;1-2-8-6-4-3-5-7-8/h3-7,14-15,17,20H,8-13,16H2,1-2H3;9-11,13,18H,3-8H2,1-2H3;3-7,9-10H,8H2,1-2H3;3-7H,2H2,1H3/b;;13-7+;. The second kappa shape index (κ2) is 27.9. The quantitative estimate of drug-likeness (QED) is 0.104. The van der Waals surface area contributed by atoms with Gasteiger partial charge in [-0.05, 0) is 184 Å². The van der Waals surface area contributed by atoms with E-state index in [9.17, 15) is 14.4 Å². The number of hydrogen-bond donors (Lipinski definition) is 1. The number of aryl methyl sites for hydroxylation is 1. The Hall–Kier alpha value is -7.28. The molecular formula is C66H77N3O9. The first-order valence-corrected chi connectivity index (χ1v) is 27.6. The molecule has 2 saturated heterocycles. The molecule has 6 aromatic rings. The Kier molecular flexibility index (Phi) is 20.3. The van der Waals surface area contributed by atoms with Crippen LogP contribution in [0.2, 0.25) is 0 Å². The smallest absolute Gasteiger partial charge is 0.189 e. The fourth-order valence-corrected chi connectivity index (χ4v) is 11.5. The van der Waals surface area contributed by atoms with Gasteiger partial charge < -0.3 is 33.7 Å². The Morgan fingerprint density at radius 2 is 0.974 bits per heavy atom. The molecule has 3 heterocycles. The molecule has 11 rings (SSSR count). The van der Waals surface area contributed by atoms with Gasteiger partial charge in [-0.2, -0.15) is 0 Å². The summed E-state index contributed by atoms with van der Waals surface area (Å²) in [7, 11) is 9.65. The highest BCUT2D eigenvalue weighted by Crippen LogP contribution is 2.42. The minimum absolute atomic E-state index is 0.0442. The topological polar surface area (TPSA) is 135 Å². The molecule has 12 nitrogen and oxygen atoms in total. The van der Waals surface area contributed by atoms with Crippen LogP contribution in [0.3, 0.4) is 0 Å². The molecule has 0 bridgehead atoms. The van der Waals surface area contributed by atoms with Gasteiger partial charge in [0.05, 0.1) is 42.7 Å². The van der Waals surface area contributed by atoms with Crippen molar-refractivity contribution in [3.05, 3.63) is 177 Å². The lowest BCUT2D eigenvalue weighted by molar-refractivity contribution is 0.0893. The van der Waals surface area contributed by atoms with Gasteiger partial charge in [0.15, 0.2) is 51.8 Å². The monoisotopic (exact) mass is 1060 g/mol. The summed E-state index contributed by atoms with van der Waals surface area (Å²) in [4.78, 5) is 44.6. The fraction of sp³-hybridized carbons (Fsp3) is 0.394. The number of rotatable bonds is 14. The molecule has 0 saturated carbocycles. The maximum absolute atomic E-state index is 12.9. The number of nitrogens with one attached hydrogen (secondary N) is 1. The summed E-state index contributed by atoms with van der Waals surface area (Å²) in [6, 6.07) is 36.2. The van der Waals surface area contributed by atoms with Crippen LogP contribution in [0.5, 0.6) is 34.5 Å². The minimum Gasteiger partial charge on any atom is -0.493 e. The van der Waals surface area contributed by atoms with Crippen LogP contribution in [0.4, 0.5) is 0 Å². The molecule has 2 atom stereocenters. The van der Waals surface area contributed by atoms with E-state index in [0.29, 0.717) is 58.3 Å². The number of nitrogens with zero attached hydrogens (tertiary/aromatic N) is 2. The minimum atomic E-state index is 0.0442. The predicted octanol–water partition coefficient (Wildman–Crippen LogP) is 12.0. The number of carbonyl (C=O) groups excluding carboxylic acids is 3. The van der Waals surface area contributed by atoms with E-state index in [0.717, 1.165) is 104 Å². The number of pyridine rings is 1. The summed E-state index contributed by atoms with van der Waals surface area (Å²) in [5.41, 5.74) is 10.1. The molecule has 0 spiro atoms. The average Bonchev–Trinajstić information content (AvgIpc) is 4.10. The molecule has 5 aliphatic rings. The Bertz CT molecular complexity index is 2980. The lowest BCUT2D eigenvalue weighted by Crippen LogP contribution is -2.34. The molecule has 3 aliphatic carbocycles. The molecule has 12 heteroatoms. The number of piperidine rings is 2. The summed E-state index contributed by atoms with van der Waals surface area (Å²) < 4.78 is 32.0. The van der Waals surface area contributed by atoms with Crippen molar-refractivity contribution >= 4 is 23.4 Å². The predicted molar refractivity (Wildman–Crippen MR) is 307 cm³/mol. The Balaban J connectivity index is 0.000000146. The van der Waals surface area contributed by atoms with Crippen molar-refractivity contribution < 1.29 is 42.8 Å². The zero-order valence-corrected chi connectivity index (χ0v) is 46.6. The Morgan fingerprint density at radius 3 is 1.44 bits per heavy atom. The van der Waals surface area contributed by atoms with E-state index in [-0.39, 0.29) is 29.2 Å². The highest BCUT2D eigenvalue weighted by atomic mass is 16.5. The molecule has 410 valence electrons. The number of ether oxygens (including phenoxy) is 6. The normalized spacial score (nSPS) is 18.2. The van der Waals surface area contributed by atoms with Crippen LogP contribution < -0.4 is 33.7 Å². The number of aromatic nitrogens is 1. The van der Waals surface area contributed by atoms with E-state index in [1.807, 2.05) is 54.6 Å². The first-order chi connectivity index (χ1) is 38.1. The number of carbonyl (C=O) groups is 3. The van der Waals surface area contributed by atoms with Crippen molar-refractivity contribution in [1.29, 1.82) is 0 Å². The summed E-state index contributed by atoms with van der Waals surface area (Å²) in [5, 5.41) is 3.38. The number of methoxy groups -OCH3 is 6. The number of hydrogen-bond acceptors (Lipinski definition) is 12. The van der Waals surface area contributed by atoms with Crippen LogP contribution in [0.1, 0.15) is 110 Å². The van der Waals surface area contributed by atoms with Crippen molar-refractivity contribution in [3.63, 3.8) is 0 Å². The molecule has 1 aromatic heterocycles. The Morgan fingerprint density at radius 1 is 0.538 bits per heavy atom. The van der Waals surface area contributed by atoms with Crippen molar-refractivity contribution in [3.8, 4) is 34.5 Å². The molecule has 1 N–H and O–H groups in total. The molecular weight excluding hydrogens is 979 g/mol. The van der Waals surface area contributed by atoms with Crippen molar-refractivity contribution in [2.75, 3.05) is 68.8 Å². The van der Waals surface area contributed by atoms with Gasteiger partial charge >= 0.3 is 0 Å². The third-order valence-electron chi connectivity index (χ3n) is 15.9. The maximum atomic E-state index is 12.9. The first-order valence-electron chi connectivity index (χ1n) is 27.6. The molecule has 0 amide bonds. The number of ketones is 3. The van der Waals surface area contributed by atoms with Crippen LogP contribution in [-0.4, -0.2) is 96.1 Å². The lowest BCUT2D eigenvalue weighted by Gasteiger charge is -2.32. The zero-order valence-electron chi connectivity index (χ0n) is 46.6. The lowest BCUT2D eigenvalue weighted by atomic mass is 9.85. The highest BCUT2D eigenvalue weighted by molar-refractivity contribution is 6.16. The van der Waals surface area contributed by atoms with Crippen molar-refractivity contribution in [1.82, 2.24) is 15.2 Å². The summed E-state index contributed by atoms with van der Waals surface area (Å²) in [6.45, 7) is 7.60. The Labute approximate surface area is 461 Å². The van der Waals surface area contributed by atoms with Crippen molar-refractivity contribution in [2.45, 2.75) is 77.7 Å². The summed E-state index contributed by atoms with van der Waals surface area (Å²) in [5.74, 6) is 6.11. The number of likely N-dealkylation sites (tertiary alicyclic amines) is 1. The second-order valence-electron chi connectivity index (χ2n) is 20.8. The SMILES string of the molecule is CCc1ccccc1.COc1cc2c(cc1OC)C(=O)/C(=C/c1ccncc1)C2.COc1cc2c(cc1OC)C(=O)C(CC1CCN(Cc3ccccc3)CC1)C2.COc1cc2c(cc1OC)C(=O)C(CC1CCNCC1)C2. The maximum Gasteiger partial charge on any atom is 0.189 e. The third kappa shape index (κ3) is 14.2. The first kappa shape index (κ1) is 56.9. The molecule has 2 aliphatic heterocycles. The molecule has 0 radical (unpaired) electrons. The van der Waals surface area contributed by atoms with Crippen LogP contribution in [0.15, 0.2) is 127 Å². The van der Waals surface area contributed by atoms with Gasteiger partial charge in [-0.15, -0.1) is 0 Å². The third-order valence-corrected chi connectivity index (χ3v) is 15.9. The number of Topliss-reactive ketones (excluding diaryl/α,β-unsaturated/α-hetero) is 3. The van der Waals surface area contributed by atoms with Crippen LogP contribution >= 0.6 is 0 Å². The van der Waals surface area contributed by atoms with E-state index in [4.69, 9.17) is 28.4 Å². The fourth-order valence-electron chi connectivity index (χ4n) is 11.5. The summed E-state index contributed by atoms with van der Waals surface area (Å²) >= 11 is 0. The molecule has 2 unspecified atom stereocenters. The van der Waals surface area contributed by atoms with Gasteiger partial charge in [-0.25, -0.2) is 0 Å². The highest BCUT2D eigenvalue weighted by Gasteiger charge is 2.36. The largest absolute Gasteiger partial charge is 0.493 e. The van der Waals surface area contributed by atoms with Gasteiger partial charge in [0.2, 0.25) is 0 Å². The molecule has 5 aromatic carbocycles. The van der Waals surface area contributed by atoms with Crippen LogP contribution in [0.25, 0.3) is 6.08 Å². The second-order valence-corrected chi connectivity index (χ2v) is 20.8. The number of fused-ring (bicyclic) bond motifs is 3. The van der Waals surface area contributed by atoms with Crippen LogP contribution in [0, 0.1) is 23.7 Å². The summed E-state index contributed by atoms with van der Waals surface area (Å²) in [6.07, 6.45) is 15.5. The van der Waals surface area contributed by atoms with Gasteiger partial charge in [-0.3, -0.25) is 24.3 Å². The van der Waals surface area contributed by atoms with Crippen molar-refractivity contribution in [2.24, 2.45) is 23.7 Å². The molecule has 78 heavy (non-hydrogen) atoms. The van der Waals surface area contributed by atoms with E-state index in [1.54, 1.807) is 61.1 Å². The molecule has 2 fully saturated rings. The zero-order chi connectivity index (χ0) is 55.0.